The first-order valence-electron chi connectivity index (χ1n) is 6.85. The zero-order chi connectivity index (χ0) is 11.8. The second-order valence-corrected chi connectivity index (χ2v) is 4.74. The Kier molecular flexibility index (Phi) is 6.22. The molecule has 1 aliphatic carbocycles. The van der Waals surface area contributed by atoms with Gasteiger partial charge in [0.05, 0.1) is 0 Å². The quantitative estimate of drug-likeness (QED) is 0.511. The molecule has 1 aliphatic rings. The summed E-state index contributed by atoms with van der Waals surface area (Å²) in [6, 6.07) is 0. The number of allylic oxidation sites excluding steroid dienone is 6. The zero-order valence-corrected chi connectivity index (χ0v) is 11.2. The molecule has 0 aromatic heterocycles. The topological polar surface area (TPSA) is 0 Å². The molecule has 90 valence electrons. The molecule has 0 bridgehead atoms. The Morgan fingerprint density at radius 1 is 1.06 bits per heavy atom. The summed E-state index contributed by atoms with van der Waals surface area (Å²) in [6.45, 7) is 6.82. The van der Waals surface area contributed by atoms with Crippen molar-refractivity contribution >= 4 is 0 Å². The van der Waals surface area contributed by atoms with Crippen LogP contribution in [0.25, 0.3) is 0 Å². The highest BCUT2D eigenvalue weighted by molar-refractivity contribution is 5.41. The molecule has 0 aromatic carbocycles. The van der Waals surface area contributed by atoms with Gasteiger partial charge in [0.2, 0.25) is 0 Å². The molecule has 16 heavy (non-hydrogen) atoms. The molecule has 0 unspecified atom stereocenters. The van der Waals surface area contributed by atoms with E-state index in [1.807, 2.05) is 0 Å². The molecule has 0 atom stereocenters. The molecule has 0 N–H and O–H groups in total. The summed E-state index contributed by atoms with van der Waals surface area (Å²) in [4.78, 5) is 0. The van der Waals surface area contributed by atoms with Gasteiger partial charge in [-0.05, 0) is 49.3 Å². The molecule has 1 rings (SSSR count). The molecule has 0 heterocycles. The van der Waals surface area contributed by atoms with E-state index in [-0.39, 0.29) is 0 Å². The van der Waals surface area contributed by atoms with Crippen molar-refractivity contribution in [2.75, 3.05) is 0 Å². The van der Waals surface area contributed by atoms with Crippen LogP contribution in [0.15, 0.2) is 34.9 Å². The number of unbranched alkanes of at least 4 members (excludes halogenated alkanes) is 2. The van der Waals surface area contributed by atoms with Crippen molar-refractivity contribution < 1.29 is 0 Å². The van der Waals surface area contributed by atoms with E-state index >= 15 is 0 Å². The lowest BCUT2D eigenvalue weighted by atomic mass is 9.93. The van der Waals surface area contributed by atoms with Gasteiger partial charge in [-0.3, -0.25) is 0 Å². The van der Waals surface area contributed by atoms with Crippen molar-refractivity contribution in [2.45, 2.75) is 65.7 Å². The fraction of sp³-hybridized carbons (Fsp3) is 0.625. The van der Waals surface area contributed by atoms with E-state index in [4.69, 9.17) is 0 Å². The van der Waals surface area contributed by atoms with Crippen LogP contribution in [-0.4, -0.2) is 0 Å². The van der Waals surface area contributed by atoms with E-state index in [1.54, 1.807) is 11.1 Å². The molecule has 0 aliphatic heterocycles. The summed E-state index contributed by atoms with van der Waals surface area (Å²) < 4.78 is 0. The highest BCUT2D eigenvalue weighted by Gasteiger charge is 2.08. The van der Waals surface area contributed by atoms with Crippen LogP contribution in [-0.2, 0) is 0 Å². The zero-order valence-electron chi connectivity index (χ0n) is 11.2. The van der Waals surface area contributed by atoms with Crippen LogP contribution in [0, 0.1) is 0 Å². The summed E-state index contributed by atoms with van der Waals surface area (Å²) in [6.07, 6.45) is 15.9. The fourth-order valence-corrected chi connectivity index (χ4v) is 2.36. The Balaban J connectivity index is 2.73. The van der Waals surface area contributed by atoms with Crippen LogP contribution in [0.5, 0.6) is 0 Å². The van der Waals surface area contributed by atoms with E-state index in [2.05, 4.69) is 39.0 Å². The smallest absolute Gasteiger partial charge is 0.0160 e. The van der Waals surface area contributed by atoms with Crippen molar-refractivity contribution in [1.82, 2.24) is 0 Å². The van der Waals surface area contributed by atoms with Crippen LogP contribution in [0.4, 0.5) is 0 Å². The monoisotopic (exact) mass is 218 g/mol. The lowest BCUT2D eigenvalue weighted by Crippen LogP contribution is -1.93. The third-order valence-corrected chi connectivity index (χ3v) is 3.28. The predicted molar refractivity (Wildman–Crippen MR) is 73.6 cm³/mol. The van der Waals surface area contributed by atoms with Gasteiger partial charge in [0, 0.05) is 0 Å². The highest BCUT2D eigenvalue weighted by atomic mass is 14.1. The molecule has 0 fully saturated rings. The molecular weight excluding hydrogens is 192 g/mol. The maximum atomic E-state index is 2.43. The second-order valence-electron chi connectivity index (χ2n) is 4.74. The van der Waals surface area contributed by atoms with Gasteiger partial charge in [0.25, 0.3) is 0 Å². The molecule has 0 amide bonds. The number of hydrogen-bond acceptors (Lipinski definition) is 0. The lowest BCUT2D eigenvalue weighted by Gasteiger charge is -2.13. The Hall–Kier alpha value is -0.780. The van der Waals surface area contributed by atoms with Gasteiger partial charge in [0.15, 0.2) is 0 Å². The third kappa shape index (κ3) is 4.00. The van der Waals surface area contributed by atoms with Crippen LogP contribution < -0.4 is 0 Å². The third-order valence-electron chi connectivity index (χ3n) is 3.28. The average molecular weight is 218 g/mol. The fourth-order valence-electron chi connectivity index (χ4n) is 2.36. The van der Waals surface area contributed by atoms with E-state index < -0.39 is 0 Å². The van der Waals surface area contributed by atoms with Gasteiger partial charge in [-0.15, -0.1) is 0 Å². The van der Waals surface area contributed by atoms with Gasteiger partial charge in [-0.2, -0.15) is 0 Å². The summed E-state index contributed by atoms with van der Waals surface area (Å²) in [5, 5.41) is 0. The van der Waals surface area contributed by atoms with Gasteiger partial charge in [-0.25, -0.2) is 0 Å². The Labute approximate surface area is 101 Å². The first kappa shape index (κ1) is 13.3. The van der Waals surface area contributed by atoms with Gasteiger partial charge in [-0.1, -0.05) is 51.3 Å². The van der Waals surface area contributed by atoms with Crippen molar-refractivity contribution in [3.05, 3.63) is 34.9 Å². The van der Waals surface area contributed by atoms with Crippen LogP contribution in [0.3, 0.4) is 0 Å². The maximum absolute atomic E-state index is 2.43. The second kappa shape index (κ2) is 7.49. The largest absolute Gasteiger partial charge is 0.0805 e. The molecule has 0 heteroatoms. The normalized spacial score (nSPS) is 16.3. The summed E-state index contributed by atoms with van der Waals surface area (Å²) in [7, 11) is 0. The van der Waals surface area contributed by atoms with Crippen LogP contribution >= 0.6 is 0 Å². The summed E-state index contributed by atoms with van der Waals surface area (Å²) in [5.41, 5.74) is 4.73. The van der Waals surface area contributed by atoms with Gasteiger partial charge < -0.3 is 0 Å². The Bertz CT molecular complexity index is 289. The SMILES string of the molecule is CCCCCC1=C(C)C=CCC=C1CCC. The predicted octanol–water partition coefficient (Wildman–Crippen LogP) is 5.57. The van der Waals surface area contributed by atoms with Gasteiger partial charge >= 0.3 is 0 Å². The molecular formula is C16H26. The standard InChI is InChI=1S/C16H26/c1-4-6-7-13-16-14(3)11-8-9-12-15(16)10-5-2/h8,11-12H,4-7,9-10,13H2,1-3H3. The van der Waals surface area contributed by atoms with E-state index in [0.29, 0.717) is 0 Å². The van der Waals surface area contributed by atoms with E-state index in [1.165, 1.54) is 44.1 Å². The van der Waals surface area contributed by atoms with E-state index in [9.17, 15) is 0 Å². The van der Waals surface area contributed by atoms with Gasteiger partial charge in [0.1, 0.15) is 0 Å². The highest BCUT2D eigenvalue weighted by Crippen LogP contribution is 2.28. The minimum atomic E-state index is 1.12. The minimum absolute atomic E-state index is 1.12. The lowest BCUT2D eigenvalue weighted by molar-refractivity contribution is 0.707. The maximum Gasteiger partial charge on any atom is -0.0160 e. The summed E-state index contributed by atoms with van der Waals surface area (Å²) in [5.74, 6) is 0. The number of hydrogen-bond donors (Lipinski definition) is 0. The van der Waals surface area contributed by atoms with Crippen molar-refractivity contribution in [3.63, 3.8) is 0 Å². The molecule has 0 radical (unpaired) electrons. The average Bonchev–Trinajstić information content (AvgIpc) is 2.44. The molecule has 0 nitrogen and oxygen atoms in total. The molecule has 0 saturated carbocycles. The van der Waals surface area contributed by atoms with Crippen LogP contribution in [0.1, 0.15) is 65.7 Å². The Morgan fingerprint density at radius 3 is 2.56 bits per heavy atom. The molecule has 0 spiro atoms. The van der Waals surface area contributed by atoms with E-state index in [0.717, 1.165) is 6.42 Å². The first-order valence-corrected chi connectivity index (χ1v) is 6.85. The van der Waals surface area contributed by atoms with Crippen molar-refractivity contribution in [1.29, 1.82) is 0 Å². The Morgan fingerprint density at radius 2 is 1.88 bits per heavy atom. The van der Waals surface area contributed by atoms with Crippen molar-refractivity contribution in [2.24, 2.45) is 0 Å². The molecule has 0 saturated heterocycles. The minimum Gasteiger partial charge on any atom is -0.0805 e. The summed E-state index contributed by atoms with van der Waals surface area (Å²) >= 11 is 0. The van der Waals surface area contributed by atoms with Crippen LogP contribution in [0.2, 0.25) is 0 Å². The first-order chi connectivity index (χ1) is 7.79. The number of rotatable bonds is 6. The van der Waals surface area contributed by atoms with Crippen molar-refractivity contribution in [3.8, 4) is 0 Å². The molecule has 0 aromatic rings.